The van der Waals surface area contributed by atoms with Crippen LogP contribution < -0.4 is 10.6 Å². The molecule has 0 spiro atoms. The van der Waals surface area contributed by atoms with Crippen LogP contribution in [0.4, 0.5) is 15.3 Å². The van der Waals surface area contributed by atoms with E-state index in [1.54, 1.807) is 5.06 Å². The zero-order valence-electron chi connectivity index (χ0n) is 29.8. The summed E-state index contributed by atoms with van der Waals surface area (Å²) in [6.07, 6.45) is 8.48. The van der Waals surface area contributed by atoms with Gasteiger partial charge in [-0.25, -0.2) is 9.59 Å². The van der Waals surface area contributed by atoms with E-state index in [4.69, 9.17) is 4.84 Å². The Kier molecular flexibility index (Phi) is 11.8. The number of hydrogen-bond donors (Lipinski definition) is 2. The van der Waals surface area contributed by atoms with Crippen molar-refractivity contribution >= 4 is 23.7 Å². The molecule has 2 aromatic carbocycles. The van der Waals surface area contributed by atoms with Crippen molar-refractivity contribution in [2.45, 2.75) is 90.1 Å². The molecule has 6 rings (SSSR count). The molecule has 3 fully saturated rings. The predicted octanol–water partition coefficient (Wildman–Crippen LogP) is 5.50. The average molecular weight is 673 g/mol. The summed E-state index contributed by atoms with van der Waals surface area (Å²) >= 11 is 0. The Bertz CT molecular complexity index is 1440. The Morgan fingerprint density at radius 1 is 0.857 bits per heavy atom. The summed E-state index contributed by atoms with van der Waals surface area (Å²) in [7, 11) is 2.20. The largest absolute Gasteiger partial charge is 0.426 e. The van der Waals surface area contributed by atoms with Gasteiger partial charge in [0.25, 0.3) is 0 Å². The molecule has 266 valence electrons. The first kappa shape index (κ1) is 35.2. The summed E-state index contributed by atoms with van der Waals surface area (Å²) in [5.41, 5.74) is 5.69. The Morgan fingerprint density at radius 3 is 2.22 bits per heavy atom. The zero-order chi connectivity index (χ0) is 34.3. The summed E-state index contributed by atoms with van der Waals surface area (Å²) in [6, 6.07) is 13.7. The van der Waals surface area contributed by atoms with E-state index in [1.165, 1.54) is 24.0 Å². The summed E-state index contributed by atoms with van der Waals surface area (Å²) in [5, 5.41) is 7.72. The number of para-hydroxylation sites is 1. The number of fused-ring (bicyclic) bond motifs is 1. The van der Waals surface area contributed by atoms with Crippen LogP contribution in [0.3, 0.4) is 0 Å². The van der Waals surface area contributed by atoms with Crippen LogP contribution >= 0.6 is 0 Å². The first-order chi connectivity index (χ1) is 23.8. The highest BCUT2D eigenvalue weighted by Gasteiger charge is 2.35. The van der Waals surface area contributed by atoms with E-state index < -0.39 is 12.1 Å². The van der Waals surface area contributed by atoms with E-state index in [0.29, 0.717) is 44.8 Å². The van der Waals surface area contributed by atoms with Gasteiger partial charge < -0.3 is 30.2 Å². The molecule has 4 heterocycles. The predicted molar refractivity (Wildman–Crippen MR) is 192 cm³/mol. The van der Waals surface area contributed by atoms with E-state index >= 15 is 0 Å². The second kappa shape index (κ2) is 16.4. The highest BCUT2D eigenvalue weighted by Crippen LogP contribution is 2.32. The number of anilines is 1. The lowest BCUT2D eigenvalue weighted by Crippen LogP contribution is -2.54. The van der Waals surface area contributed by atoms with Gasteiger partial charge >= 0.3 is 12.1 Å². The van der Waals surface area contributed by atoms with E-state index in [9.17, 15) is 14.4 Å². The Morgan fingerprint density at radius 2 is 1.53 bits per heavy atom. The molecule has 0 aromatic heterocycles. The van der Waals surface area contributed by atoms with Crippen LogP contribution in [0.1, 0.15) is 74.6 Å². The smallest absolute Gasteiger partial charge is 0.351 e. The minimum Gasteiger partial charge on any atom is -0.351 e. The van der Waals surface area contributed by atoms with Crippen molar-refractivity contribution in [3.05, 3.63) is 64.7 Å². The molecule has 4 aliphatic heterocycles. The van der Waals surface area contributed by atoms with Crippen LogP contribution in [-0.2, 0) is 35.3 Å². The van der Waals surface area contributed by atoms with Gasteiger partial charge in [-0.3, -0.25) is 4.79 Å². The van der Waals surface area contributed by atoms with Gasteiger partial charge in [-0.05, 0) is 118 Å². The molecule has 10 heteroatoms. The Labute approximate surface area is 292 Å². The molecule has 10 nitrogen and oxygen atoms in total. The highest BCUT2D eigenvalue weighted by atomic mass is 16.7. The van der Waals surface area contributed by atoms with Crippen molar-refractivity contribution in [3.63, 3.8) is 0 Å². The van der Waals surface area contributed by atoms with Gasteiger partial charge in [0.2, 0.25) is 5.91 Å². The molecule has 0 radical (unpaired) electrons. The van der Waals surface area contributed by atoms with Gasteiger partial charge in [-0.1, -0.05) is 50.2 Å². The molecule has 2 N–H and O–H groups in total. The molecule has 2 aromatic rings. The van der Waals surface area contributed by atoms with Gasteiger partial charge in [0.05, 0.1) is 0 Å². The SMILES string of the molecule is CCc1ccc(CC(NC(=O)ON2CCC(N3CCc4ccccc4NC3=O)CC2)C(=O)N2CCC(C3CCN(C)CC3)CC2)cc1CC. The second-order valence-corrected chi connectivity index (χ2v) is 14.6. The highest BCUT2D eigenvalue weighted by molar-refractivity contribution is 5.91. The second-order valence-electron chi connectivity index (χ2n) is 14.6. The molecular formula is C39H56N6O4. The van der Waals surface area contributed by atoms with Gasteiger partial charge in [-0.15, -0.1) is 5.06 Å². The van der Waals surface area contributed by atoms with E-state index in [1.807, 2.05) is 28.0 Å². The number of hydrogen-bond acceptors (Lipinski definition) is 6. The number of piperidine rings is 3. The lowest BCUT2D eigenvalue weighted by molar-refractivity contribution is -0.137. The first-order valence-electron chi connectivity index (χ1n) is 18.8. The number of likely N-dealkylation sites (tertiary alicyclic amines) is 2. The van der Waals surface area contributed by atoms with Gasteiger partial charge in [0, 0.05) is 50.9 Å². The van der Waals surface area contributed by atoms with Crippen LogP contribution in [0.15, 0.2) is 42.5 Å². The fraction of sp³-hybridized carbons (Fsp3) is 0.615. The maximum atomic E-state index is 14.1. The van der Waals surface area contributed by atoms with Crippen molar-refractivity contribution in [2.75, 3.05) is 58.2 Å². The van der Waals surface area contributed by atoms with Crippen molar-refractivity contribution in [1.29, 1.82) is 0 Å². The third-order valence-electron chi connectivity index (χ3n) is 11.6. The molecule has 1 unspecified atom stereocenters. The summed E-state index contributed by atoms with van der Waals surface area (Å²) in [6.45, 7) is 9.83. The Balaban J connectivity index is 1.05. The minimum absolute atomic E-state index is 0.0247. The Hall–Kier alpha value is -3.63. The monoisotopic (exact) mass is 672 g/mol. The molecule has 4 aliphatic rings. The van der Waals surface area contributed by atoms with Crippen LogP contribution in [0.5, 0.6) is 0 Å². The number of carbonyl (C=O) groups excluding carboxylic acids is 3. The third-order valence-corrected chi connectivity index (χ3v) is 11.6. The molecular weight excluding hydrogens is 616 g/mol. The molecule has 4 amide bonds. The van der Waals surface area contributed by atoms with Crippen molar-refractivity contribution in [1.82, 2.24) is 25.1 Å². The van der Waals surface area contributed by atoms with Gasteiger partial charge in [0.15, 0.2) is 0 Å². The van der Waals surface area contributed by atoms with Gasteiger partial charge in [-0.2, -0.15) is 0 Å². The van der Waals surface area contributed by atoms with E-state index in [-0.39, 0.29) is 18.0 Å². The van der Waals surface area contributed by atoms with Crippen molar-refractivity contribution in [2.24, 2.45) is 11.8 Å². The van der Waals surface area contributed by atoms with E-state index in [2.05, 4.69) is 60.7 Å². The van der Waals surface area contributed by atoms with Gasteiger partial charge in [0.1, 0.15) is 6.04 Å². The number of carbonyl (C=O) groups is 3. The number of urea groups is 1. The van der Waals surface area contributed by atoms with E-state index in [0.717, 1.165) is 81.0 Å². The number of rotatable bonds is 9. The van der Waals surface area contributed by atoms with Crippen molar-refractivity contribution in [3.8, 4) is 0 Å². The van der Waals surface area contributed by atoms with Crippen LogP contribution in [0.25, 0.3) is 0 Å². The molecule has 0 bridgehead atoms. The lowest BCUT2D eigenvalue weighted by Gasteiger charge is -2.40. The lowest BCUT2D eigenvalue weighted by atomic mass is 9.79. The average Bonchev–Trinajstić information content (AvgIpc) is 3.29. The maximum absolute atomic E-state index is 14.1. The summed E-state index contributed by atoms with van der Waals surface area (Å²) < 4.78 is 0. The van der Waals surface area contributed by atoms with Crippen LogP contribution in [0.2, 0.25) is 0 Å². The minimum atomic E-state index is -0.704. The van der Waals surface area contributed by atoms with Crippen LogP contribution in [-0.4, -0.2) is 103 Å². The molecule has 49 heavy (non-hydrogen) atoms. The molecule has 3 saturated heterocycles. The third kappa shape index (κ3) is 8.76. The molecule has 0 aliphatic carbocycles. The maximum Gasteiger partial charge on any atom is 0.426 e. The van der Waals surface area contributed by atoms with Crippen molar-refractivity contribution < 1.29 is 19.2 Å². The summed E-state index contributed by atoms with van der Waals surface area (Å²) in [5.74, 6) is 1.39. The number of aryl methyl sites for hydroxylation is 2. The summed E-state index contributed by atoms with van der Waals surface area (Å²) in [4.78, 5) is 52.6. The number of hydroxylamine groups is 2. The first-order valence-corrected chi connectivity index (χ1v) is 18.8. The fourth-order valence-corrected chi connectivity index (χ4v) is 8.50. The quantitative estimate of drug-likeness (QED) is 0.366. The molecule has 1 atom stereocenters. The molecule has 0 saturated carbocycles. The number of amides is 4. The van der Waals surface area contributed by atoms with Crippen LogP contribution in [0, 0.1) is 11.8 Å². The number of benzene rings is 2. The topological polar surface area (TPSA) is 97.5 Å². The number of nitrogens with one attached hydrogen (secondary N) is 2. The fourth-order valence-electron chi connectivity index (χ4n) is 8.50. The standard InChI is InChI=1S/C39H56N6O4/c1-4-29-11-10-28(26-30(29)5-2)27-36(37(46)43-21-14-32(15-22-43)31-12-19-42(3)20-13-31)41-39(48)49-44-23-17-34(18-24-44)45-25-16-33-8-6-7-9-35(33)40-38(45)47/h6-11,26,31-32,34,36H,4-5,12-25,27H2,1-3H3,(H,40,47)(H,41,48). The zero-order valence-corrected chi connectivity index (χ0v) is 29.8. The normalized spacial score (nSPS) is 21.1. The number of nitrogens with zero attached hydrogens (tertiary/aromatic N) is 4.